The average Bonchev–Trinajstić information content (AvgIpc) is 2.66. The van der Waals surface area contributed by atoms with E-state index in [0.717, 1.165) is 12.2 Å². The molecule has 0 aromatic carbocycles. The van der Waals surface area contributed by atoms with Gasteiger partial charge in [0.05, 0.1) is 0 Å². The van der Waals surface area contributed by atoms with Gasteiger partial charge >= 0.3 is 0 Å². The van der Waals surface area contributed by atoms with Crippen molar-refractivity contribution in [3.8, 4) is 0 Å². The summed E-state index contributed by atoms with van der Waals surface area (Å²) in [7, 11) is 0. The number of hydrogen-bond donors (Lipinski definition) is 2. The van der Waals surface area contributed by atoms with Crippen molar-refractivity contribution in [1.82, 2.24) is 14.7 Å². The summed E-state index contributed by atoms with van der Waals surface area (Å²) >= 11 is 1.29. The largest absolute Gasteiger partial charge is 0.355 e. The molecule has 0 saturated carbocycles. The lowest BCUT2D eigenvalue weighted by molar-refractivity contribution is -0.121. The Morgan fingerprint density at radius 2 is 2.27 bits per heavy atom. The Balaban J connectivity index is 2.50. The Labute approximate surface area is 93.5 Å². The molecule has 0 saturated heterocycles. The molecule has 15 heavy (non-hydrogen) atoms. The van der Waals surface area contributed by atoms with E-state index in [1.165, 1.54) is 11.5 Å². The first-order valence-corrected chi connectivity index (χ1v) is 5.81. The van der Waals surface area contributed by atoms with Crippen LogP contribution in [0.3, 0.4) is 0 Å². The lowest BCUT2D eigenvalue weighted by Gasteiger charge is -2.11. The van der Waals surface area contributed by atoms with E-state index in [0.29, 0.717) is 11.7 Å². The lowest BCUT2D eigenvalue weighted by Crippen LogP contribution is -2.37. The summed E-state index contributed by atoms with van der Waals surface area (Å²) in [5.74, 6) is 0.788. The molecular formula is C9H16N4OS. The van der Waals surface area contributed by atoms with Gasteiger partial charge in [0.1, 0.15) is 11.9 Å². The monoisotopic (exact) mass is 228 g/mol. The van der Waals surface area contributed by atoms with Gasteiger partial charge in [-0.05, 0) is 13.8 Å². The summed E-state index contributed by atoms with van der Waals surface area (Å²) in [5.41, 5.74) is 0. The SMILES string of the molecule is CCNC(=O)C(C)Nc1nc(CC)ns1. The third kappa shape index (κ3) is 3.47. The van der Waals surface area contributed by atoms with Gasteiger partial charge < -0.3 is 10.6 Å². The smallest absolute Gasteiger partial charge is 0.242 e. The summed E-state index contributed by atoms with van der Waals surface area (Å²) in [6, 6.07) is -0.275. The number of nitrogens with one attached hydrogen (secondary N) is 2. The van der Waals surface area contributed by atoms with Crippen molar-refractivity contribution in [1.29, 1.82) is 0 Å². The van der Waals surface area contributed by atoms with E-state index in [1.54, 1.807) is 6.92 Å². The number of carbonyl (C=O) groups is 1. The van der Waals surface area contributed by atoms with Crippen LogP contribution in [0.4, 0.5) is 5.13 Å². The molecule has 0 spiro atoms. The first-order valence-electron chi connectivity index (χ1n) is 5.04. The van der Waals surface area contributed by atoms with Crippen LogP contribution in [0.15, 0.2) is 0 Å². The summed E-state index contributed by atoms with van der Waals surface area (Å²) < 4.78 is 4.13. The molecule has 1 heterocycles. The predicted molar refractivity (Wildman–Crippen MR) is 61.1 cm³/mol. The van der Waals surface area contributed by atoms with Gasteiger partial charge in [-0.1, -0.05) is 6.92 Å². The minimum Gasteiger partial charge on any atom is -0.355 e. The molecule has 1 unspecified atom stereocenters. The highest BCUT2D eigenvalue weighted by Crippen LogP contribution is 2.12. The zero-order chi connectivity index (χ0) is 11.3. The second kappa shape index (κ2) is 5.65. The fourth-order valence-corrected chi connectivity index (χ4v) is 1.77. The van der Waals surface area contributed by atoms with Crippen LogP contribution in [0.1, 0.15) is 26.6 Å². The Morgan fingerprint density at radius 3 is 2.80 bits per heavy atom. The van der Waals surface area contributed by atoms with Crippen molar-refractivity contribution in [2.45, 2.75) is 33.2 Å². The van der Waals surface area contributed by atoms with Crippen LogP contribution < -0.4 is 10.6 Å². The van der Waals surface area contributed by atoms with Crippen molar-refractivity contribution in [2.24, 2.45) is 0 Å². The molecule has 6 heteroatoms. The highest BCUT2D eigenvalue weighted by atomic mass is 32.1. The van der Waals surface area contributed by atoms with Gasteiger partial charge in [0.15, 0.2) is 0 Å². The number of rotatable bonds is 5. The predicted octanol–water partition coefficient (Wildman–Crippen LogP) is 1.04. The van der Waals surface area contributed by atoms with E-state index in [4.69, 9.17) is 0 Å². The Hall–Kier alpha value is -1.17. The zero-order valence-electron chi connectivity index (χ0n) is 9.20. The standard InChI is InChI=1S/C9H16N4OS/c1-4-7-12-9(15-13-7)11-6(3)8(14)10-5-2/h6H,4-5H2,1-3H3,(H,10,14)(H,11,12,13). The van der Waals surface area contributed by atoms with Crippen LogP contribution in [-0.4, -0.2) is 27.9 Å². The van der Waals surface area contributed by atoms with E-state index in [1.807, 2.05) is 13.8 Å². The summed E-state index contributed by atoms with van der Waals surface area (Å²) in [5, 5.41) is 6.45. The molecule has 5 nitrogen and oxygen atoms in total. The minimum atomic E-state index is -0.275. The maximum absolute atomic E-state index is 11.4. The van der Waals surface area contributed by atoms with Gasteiger partial charge in [0.25, 0.3) is 0 Å². The van der Waals surface area contributed by atoms with Gasteiger partial charge in [-0.3, -0.25) is 4.79 Å². The molecule has 1 amide bonds. The number of anilines is 1. The first-order chi connectivity index (χ1) is 7.17. The molecule has 0 bridgehead atoms. The van der Waals surface area contributed by atoms with Crippen LogP contribution in [-0.2, 0) is 11.2 Å². The molecule has 0 aliphatic heterocycles. The second-order valence-electron chi connectivity index (χ2n) is 3.13. The summed E-state index contributed by atoms with van der Waals surface area (Å²) in [4.78, 5) is 15.6. The number of likely N-dealkylation sites (N-methyl/N-ethyl adjacent to an activating group) is 1. The number of nitrogens with zero attached hydrogens (tertiary/aromatic N) is 2. The lowest BCUT2D eigenvalue weighted by atomic mass is 10.3. The highest BCUT2D eigenvalue weighted by molar-refractivity contribution is 7.09. The fraction of sp³-hybridized carbons (Fsp3) is 0.667. The van der Waals surface area contributed by atoms with E-state index >= 15 is 0 Å². The van der Waals surface area contributed by atoms with E-state index < -0.39 is 0 Å². The average molecular weight is 228 g/mol. The molecule has 0 aliphatic rings. The van der Waals surface area contributed by atoms with Crippen molar-refractivity contribution in [3.05, 3.63) is 5.82 Å². The highest BCUT2D eigenvalue weighted by Gasteiger charge is 2.13. The molecule has 1 atom stereocenters. The Morgan fingerprint density at radius 1 is 1.53 bits per heavy atom. The molecular weight excluding hydrogens is 212 g/mol. The fourth-order valence-electron chi connectivity index (χ4n) is 1.03. The van der Waals surface area contributed by atoms with Crippen molar-refractivity contribution in [2.75, 3.05) is 11.9 Å². The number of aromatic nitrogens is 2. The minimum absolute atomic E-state index is 0.0225. The zero-order valence-corrected chi connectivity index (χ0v) is 10.0. The van der Waals surface area contributed by atoms with Crippen LogP contribution in [0.5, 0.6) is 0 Å². The number of amides is 1. The topological polar surface area (TPSA) is 66.9 Å². The Kier molecular flexibility index (Phi) is 4.48. The van der Waals surface area contributed by atoms with Crippen LogP contribution in [0.25, 0.3) is 0 Å². The van der Waals surface area contributed by atoms with Gasteiger partial charge in [0.2, 0.25) is 11.0 Å². The first kappa shape index (κ1) is 11.9. The van der Waals surface area contributed by atoms with Gasteiger partial charge in [-0.25, -0.2) is 4.98 Å². The number of hydrogen-bond acceptors (Lipinski definition) is 5. The van der Waals surface area contributed by atoms with Gasteiger partial charge in [-0.2, -0.15) is 4.37 Å². The normalized spacial score (nSPS) is 12.2. The molecule has 1 aromatic rings. The van der Waals surface area contributed by atoms with E-state index in [2.05, 4.69) is 20.0 Å². The van der Waals surface area contributed by atoms with Crippen LogP contribution in [0, 0.1) is 0 Å². The maximum Gasteiger partial charge on any atom is 0.242 e. The van der Waals surface area contributed by atoms with Crippen LogP contribution >= 0.6 is 11.5 Å². The third-order valence-corrected chi connectivity index (χ3v) is 2.55. The number of carbonyl (C=O) groups excluding carboxylic acids is 1. The van der Waals surface area contributed by atoms with Gasteiger partial charge in [-0.15, -0.1) is 0 Å². The summed E-state index contributed by atoms with van der Waals surface area (Å²) in [6.45, 7) is 6.34. The van der Waals surface area contributed by atoms with Gasteiger partial charge in [0, 0.05) is 24.5 Å². The molecule has 0 aliphatic carbocycles. The van der Waals surface area contributed by atoms with Crippen molar-refractivity contribution >= 4 is 22.6 Å². The molecule has 84 valence electrons. The quantitative estimate of drug-likeness (QED) is 0.790. The molecule has 2 N–H and O–H groups in total. The summed E-state index contributed by atoms with van der Waals surface area (Å²) in [6.07, 6.45) is 0.813. The Bertz CT molecular complexity index is 326. The second-order valence-corrected chi connectivity index (χ2v) is 3.88. The molecule has 0 radical (unpaired) electrons. The molecule has 0 fully saturated rings. The van der Waals surface area contributed by atoms with Crippen molar-refractivity contribution < 1.29 is 4.79 Å². The third-order valence-electron chi connectivity index (χ3n) is 1.87. The van der Waals surface area contributed by atoms with E-state index in [9.17, 15) is 4.79 Å². The van der Waals surface area contributed by atoms with Crippen LogP contribution in [0.2, 0.25) is 0 Å². The molecule has 1 rings (SSSR count). The molecule has 1 aromatic heterocycles. The maximum atomic E-state index is 11.4. The van der Waals surface area contributed by atoms with Crippen molar-refractivity contribution in [3.63, 3.8) is 0 Å². The number of aryl methyl sites for hydroxylation is 1. The van der Waals surface area contributed by atoms with E-state index in [-0.39, 0.29) is 11.9 Å².